The Bertz CT molecular complexity index is 1030. The number of aryl methyl sites for hydroxylation is 1. The number of aromatic carboxylic acids is 1. The zero-order valence-electron chi connectivity index (χ0n) is 14.5. The van der Waals surface area contributed by atoms with E-state index in [0.29, 0.717) is 24.2 Å². The number of amides is 1. The summed E-state index contributed by atoms with van der Waals surface area (Å²) in [6, 6.07) is 8.16. The molecule has 0 spiro atoms. The molecule has 1 aliphatic heterocycles. The van der Waals surface area contributed by atoms with E-state index in [1.807, 2.05) is 0 Å². The standard InChI is InChI=1S/C18H18N2O6S/c1-11-4-6-13(20-8-2-3-17(20)22)10-16(11)27(25,26)19-12-5-7-14(18(23)24)15(21)9-12/h4-7,9-10,19,21H,2-3,8H2,1H3,(H,23,24). The molecule has 1 heterocycles. The Morgan fingerprint density at radius 3 is 2.52 bits per heavy atom. The Labute approximate surface area is 156 Å². The van der Waals surface area contributed by atoms with E-state index >= 15 is 0 Å². The van der Waals surface area contributed by atoms with Gasteiger partial charge in [0.2, 0.25) is 5.91 Å². The number of hydrogen-bond donors (Lipinski definition) is 3. The van der Waals surface area contributed by atoms with Gasteiger partial charge in [0.25, 0.3) is 10.0 Å². The molecule has 142 valence electrons. The number of nitrogens with zero attached hydrogens (tertiary/aromatic N) is 1. The van der Waals surface area contributed by atoms with Crippen molar-refractivity contribution in [2.45, 2.75) is 24.7 Å². The number of sulfonamides is 1. The summed E-state index contributed by atoms with van der Waals surface area (Å²) in [6.07, 6.45) is 1.16. The third-order valence-electron chi connectivity index (χ3n) is 4.33. The van der Waals surface area contributed by atoms with Gasteiger partial charge in [-0.3, -0.25) is 9.52 Å². The Hall–Kier alpha value is -3.07. The van der Waals surface area contributed by atoms with Crippen molar-refractivity contribution in [3.8, 4) is 5.75 Å². The van der Waals surface area contributed by atoms with Crippen LogP contribution in [-0.2, 0) is 14.8 Å². The van der Waals surface area contributed by atoms with E-state index in [0.717, 1.165) is 18.6 Å². The summed E-state index contributed by atoms with van der Waals surface area (Å²) in [6.45, 7) is 2.18. The lowest BCUT2D eigenvalue weighted by atomic mass is 10.2. The second kappa shape index (κ2) is 6.92. The number of anilines is 2. The topological polar surface area (TPSA) is 124 Å². The van der Waals surface area contributed by atoms with Gasteiger partial charge in [0.1, 0.15) is 11.3 Å². The van der Waals surface area contributed by atoms with Gasteiger partial charge < -0.3 is 15.1 Å². The van der Waals surface area contributed by atoms with Crippen molar-refractivity contribution in [3.05, 3.63) is 47.5 Å². The van der Waals surface area contributed by atoms with Crippen LogP contribution in [0, 0.1) is 6.92 Å². The fourth-order valence-electron chi connectivity index (χ4n) is 2.95. The number of aromatic hydroxyl groups is 1. The molecular weight excluding hydrogens is 372 g/mol. The van der Waals surface area contributed by atoms with E-state index in [4.69, 9.17) is 5.11 Å². The molecule has 1 amide bonds. The molecular formula is C18H18N2O6S. The summed E-state index contributed by atoms with van der Waals surface area (Å²) >= 11 is 0. The quantitative estimate of drug-likeness (QED) is 0.720. The van der Waals surface area contributed by atoms with Crippen LogP contribution in [0.4, 0.5) is 11.4 Å². The smallest absolute Gasteiger partial charge is 0.339 e. The molecule has 0 aromatic heterocycles. The lowest BCUT2D eigenvalue weighted by Gasteiger charge is -2.18. The summed E-state index contributed by atoms with van der Waals surface area (Å²) in [4.78, 5) is 24.4. The minimum atomic E-state index is -4.01. The SMILES string of the molecule is Cc1ccc(N2CCCC2=O)cc1S(=O)(=O)Nc1ccc(C(=O)O)c(O)c1. The summed E-state index contributed by atoms with van der Waals surface area (Å²) in [7, 11) is -4.01. The monoisotopic (exact) mass is 390 g/mol. The van der Waals surface area contributed by atoms with Gasteiger partial charge in [-0.15, -0.1) is 0 Å². The van der Waals surface area contributed by atoms with E-state index in [9.17, 15) is 23.1 Å². The summed E-state index contributed by atoms with van der Waals surface area (Å²) in [5.74, 6) is -1.92. The molecule has 0 unspecified atom stereocenters. The Morgan fingerprint density at radius 1 is 1.19 bits per heavy atom. The first-order valence-corrected chi connectivity index (χ1v) is 9.67. The van der Waals surface area contributed by atoms with E-state index in [-0.39, 0.29) is 22.1 Å². The highest BCUT2D eigenvalue weighted by molar-refractivity contribution is 7.92. The normalized spacial score (nSPS) is 14.4. The first kappa shape index (κ1) is 18.7. The van der Waals surface area contributed by atoms with Gasteiger partial charge in [-0.2, -0.15) is 0 Å². The minimum Gasteiger partial charge on any atom is -0.507 e. The van der Waals surface area contributed by atoms with Crippen molar-refractivity contribution in [3.63, 3.8) is 0 Å². The van der Waals surface area contributed by atoms with Crippen LogP contribution < -0.4 is 9.62 Å². The van der Waals surface area contributed by atoms with Gasteiger partial charge in [0.15, 0.2) is 0 Å². The molecule has 3 N–H and O–H groups in total. The largest absolute Gasteiger partial charge is 0.507 e. The molecule has 27 heavy (non-hydrogen) atoms. The van der Waals surface area contributed by atoms with Gasteiger partial charge >= 0.3 is 5.97 Å². The van der Waals surface area contributed by atoms with Crippen molar-refractivity contribution in [2.75, 3.05) is 16.2 Å². The van der Waals surface area contributed by atoms with Crippen molar-refractivity contribution in [1.29, 1.82) is 0 Å². The van der Waals surface area contributed by atoms with Crippen LogP contribution in [-0.4, -0.2) is 37.1 Å². The summed E-state index contributed by atoms with van der Waals surface area (Å²) in [5, 5.41) is 18.7. The predicted molar refractivity (Wildman–Crippen MR) is 98.6 cm³/mol. The average molecular weight is 390 g/mol. The highest BCUT2D eigenvalue weighted by atomic mass is 32.2. The molecule has 2 aromatic carbocycles. The highest BCUT2D eigenvalue weighted by Crippen LogP contribution is 2.29. The highest BCUT2D eigenvalue weighted by Gasteiger charge is 2.25. The molecule has 1 aliphatic rings. The van der Waals surface area contributed by atoms with Crippen LogP contribution in [0.5, 0.6) is 5.75 Å². The number of carbonyl (C=O) groups is 2. The number of carbonyl (C=O) groups excluding carboxylic acids is 1. The third kappa shape index (κ3) is 3.72. The van der Waals surface area contributed by atoms with Crippen LogP contribution in [0.1, 0.15) is 28.8 Å². The Balaban J connectivity index is 1.94. The second-order valence-corrected chi connectivity index (χ2v) is 7.89. The first-order valence-electron chi connectivity index (χ1n) is 8.19. The first-order chi connectivity index (χ1) is 12.7. The Kier molecular flexibility index (Phi) is 4.79. The second-order valence-electron chi connectivity index (χ2n) is 6.24. The minimum absolute atomic E-state index is 0.00139. The van der Waals surface area contributed by atoms with E-state index in [1.165, 1.54) is 12.1 Å². The maximum atomic E-state index is 12.8. The maximum absolute atomic E-state index is 12.8. The van der Waals surface area contributed by atoms with Crippen molar-refractivity contribution in [2.24, 2.45) is 0 Å². The maximum Gasteiger partial charge on any atom is 0.339 e. The molecule has 0 saturated carbocycles. The third-order valence-corrected chi connectivity index (χ3v) is 5.85. The molecule has 1 fully saturated rings. The number of hydrogen-bond acceptors (Lipinski definition) is 5. The zero-order valence-corrected chi connectivity index (χ0v) is 15.3. The van der Waals surface area contributed by atoms with Gasteiger partial charge in [-0.05, 0) is 43.2 Å². The van der Waals surface area contributed by atoms with Gasteiger partial charge in [0.05, 0.1) is 10.6 Å². The molecule has 9 heteroatoms. The van der Waals surface area contributed by atoms with E-state index in [2.05, 4.69) is 4.72 Å². The number of benzene rings is 2. The van der Waals surface area contributed by atoms with Crippen molar-refractivity contribution in [1.82, 2.24) is 0 Å². The number of rotatable bonds is 5. The zero-order chi connectivity index (χ0) is 19.8. The molecule has 0 bridgehead atoms. The van der Waals surface area contributed by atoms with Crippen molar-refractivity contribution >= 4 is 33.3 Å². The molecule has 0 aliphatic carbocycles. The Morgan fingerprint density at radius 2 is 1.93 bits per heavy atom. The summed E-state index contributed by atoms with van der Waals surface area (Å²) in [5.41, 5.74) is 0.694. The van der Waals surface area contributed by atoms with Crippen LogP contribution >= 0.6 is 0 Å². The predicted octanol–water partition coefficient (Wildman–Crippen LogP) is 2.33. The molecule has 2 aromatic rings. The van der Waals surface area contributed by atoms with Gasteiger partial charge in [0, 0.05) is 24.7 Å². The number of phenols is 1. The number of carboxylic acids is 1. The van der Waals surface area contributed by atoms with Crippen molar-refractivity contribution < 1.29 is 28.2 Å². The van der Waals surface area contributed by atoms with Gasteiger partial charge in [-0.1, -0.05) is 6.07 Å². The molecule has 0 radical (unpaired) electrons. The van der Waals surface area contributed by atoms with Crippen LogP contribution in [0.25, 0.3) is 0 Å². The van der Waals surface area contributed by atoms with Crippen LogP contribution in [0.15, 0.2) is 41.3 Å². The number of carboxylic acid groups (broad SMARTS) is 1. The number of nitrogens with one attached hydrogen (secondary N) is 1. The fraction of sp³-hybridized carbons (Fsp3) is 0.222. The fourth-order valence-corrected chi connectivity index (χ4v) is 4.27. The lowest BCUT2D eigenvalue weighted by molar-refractivity contribution is -0.117. The summed E-state index contributed by atoms with van der Waals surface area (Å²) < 4.78 is 27.9. The molecule has 0 atom stereocenters. The average Bonchev–Trinajstić information content (AvgIpc) is 3.00. The molecule has 8 nitrogen and oxygen atoms in total. The van der Waals surface area contributed by atoms with E-state index in [1.54, 1.807) is 24.0 Å². The van der Waals surface area contributed by atoms with Crippen LogP contribution in [0.3, 0.4) is 0 Å². The van der Waals surface area contributed by atoms with E-state index < -0.39 is 21.7 Å². The van der Waals surface area contributed by atoms with Gasteiger partial charge in [-0.25, -0.2) is 13.2 Å². The lowest BCUT2D eigenvalue weighted by Crippen LogP contribution is -2.24. The van der Waals surface area contributed by atoms with Crippen LogP contribution in [0.2, 0.25) is 0 Å². The molecule has 3 rings (SSSR count). The molecule has 1 saturated heterocycles.